The van der Waals surface area contributed by atoms with Crippen LogP contribution in [0.3, 0.4) is 0 Å². The minimum absolute atomic E-state index is 0.0335. The Morgan fingerprint density at radius 2 is 0.890 bits per heavy atom. The summed E-state index contributed by atoms with van der Waals surface area (Å²) in [5.74, 6) is -10.7. The van der Waals surface area contributed by atoms with Gasteiger partial charge in [0, 0.05) is 37.6 Å². The van der Waals surface area contributed by atoms with Gasteiger partial charge in [-0.2, -0.15) is 21.0 Å². The highest BCUT2D eigenvalue weighted by Gasteiger charge is 2.61. The van der Waals surface area contributed by atoms with E-state index in [-0.39, 0.29) is 95.2 Å². The first-order valence-corrected chi connectivity index (χ1v) is 29.6. The Bertz CT molecular complexity index is 4640. The van der Waals surface area contributed by atoms with Crippen molar-refractivity contribution < 1.29 is 57.6 Å². The molecule has 19 heteroatoms. The van der Waals surface area contributed by atoms with Gasteiger partial charge < -0.3 is 24.1 Å². The van der Waals surface area contributed by atoms with Gasteiger partial charge in [0.15, 0.2) is 11.6 Å². The molecule has 13 rings (SSSR count). The number of thiophene rings is 1. The first-order valence-electron chi connectivity index (χ1n) is 28.8. The number of hydrogen-bond acceptors (Lipinski definition) is 19. The molecule has 5 aliphatic rings. The zero-order chi connectivity index (χ0) is 63.3. The van der Waals surface area contributed by atoms with Gasteiger partial charge in [-0.1, -0.05) is 121 Å². The largest absolute Gasteiger partial charge is 0.459 e. The van der Waals surface area contributed by atoms with Gasteiger partial charge in [0.25, 0.3) is 0 Å². The van der Waals surface area contributed by atoms with Crippen LogP contribution in [0, 0.1) is 69.0 Å². The van der Waals surface area contributed by atoms with Crippen LogP contribution in [0.2, 0.25) is 0 Å². The van der Waals surface area contributed by atoms with Crippen molar-refractivity contribution in [1.29, 1.82) is 21.0 Å². The van der Waals surface area contributed by atoms with Crippen molar-refractivity contribution in [3.8, 4) is 24.3 Å². The number of ketones is 3. The van der Waals surface area contributed by atoms with Crippen molar-refractivity contribution >= 4 is 96.3 Å². The predicted octanol–water partition coefficient (Wildman–Crippen LogP) is 10.2. The smallest absolute Gasteiger partial charge is 0.334 e. The second kappa shape index (κ2) is 23.5. The molecule has 8 aromatic rings. The van der Waals surface area contributed by atoms with E-state index in [1.807, 2.05) is 12.1 Å². The number of nitriles is 4. The minimum atomic E-state index is -2.68. The summed E-state index contributed by atoms with van der Waals surface area (Å²) in [5, 5.41) is 52.4. The number of ether oxygens (including phenoxy) is 4. The van der Waals surface area contributed by atoms with E-state index in [0.29, 0.717) is 42.4 Å². The van der Waals surface area contributed by atoms with Crippen LogP contribution in [-0.2, 0) is 85.0 Å². The Kier molecular flexibility index (Phi) is 15.1. The summed E-state index contributed by atoms with van der Waals surface area (Å²) in [7, 11) is 0. The fraction of sp³-hybridized carbons (Fsp3) is 0.181. The van der Waals surface area contributed by atoms with Crippen LogP contribution in [0.15, 0.2) is 179 Å². The number of fused-ring (bicyclic) bond motifs is 7. The van der Waals surface area contributed by atoms with Gasteiger partial charge in [-0.25, -0.2) is 9.98 Å². The van der Waals surface area contributed by atoms with Crippen LogP contribution in [-0.4, -0.2) is 57.8 Å². The number of aliphatic imine (C=N–C) groups is 2. The number of aliphatic hydroxyl groups is 1. The average Bonchev–Trinajstić information content (AvgIpc) is 1.56. The van der Waals surface area contributed by atoms with Crippen molar-refractivity contribution in [3.05, 3.63) is 236 Å². The molecule has 5 unspecified atom stereocenters. The lowest BCUT2D eigenvalue weighted by Gasteiger charge is -2.29. The molecule has 18 nitrogen and oxygen atoms in total. The van der Waals surface area contributed by atoms with Crippen LogP contribution in [0.5, 0.6) is 0 Å². The molecule has 1 heterocycles. The van der Waals surface area contributed by atoms with Crippen molar-refractivity contribution in [2.45, 2.75) is 56.2 Å². The van der Waals surface area contributed by atoms with Gasteiger partial charge >= 0.3 is 23.9 Å². The molecule has 0 radical (unpaired) electrons. The quantitative estimate of drug-likeness (QED) is 0.0601. The van der Waals surface area contributed by atoms with Gasteiger partial charge in [-0.15, -0.1) is 11.3 Å². The number of rotatable bonds is 14. The van der Waals surface area contributed by atoms with E-state index in [2.05, 4.69) is 12.1 Å². The Labute approximate surface area is 522 Å². The molecular formula is C72H46N6O12S. The number of aliphatic hydroxyl groups excluding tert-OH is 1. The molecule has 5 aliphatic carbocycles. The van der Waals surface area contributed by atoms with Crippen LogP contribution < -0.4 is 0 Å². The first kappa shape index (κ1) is 58.4. The number of carbonyl (C=O) groups is 7. The summed E-state index contributed by atoms with van der Waals surface area (Å²) in [6.07, 6.45) is 0.869. The lowest BCUT2D eigenvalue weighted by Crippen LogP contribution is -2.46. The first-order chi connectivity index (χ1) is 44.2. The molecule has 1 aromatic heterocycles. The monoisotopic (exact) mass is 1220 g/mol. The SMILES string of the molecule is N#Cc1cc2c(cc1C#N)C(O)C(=NC1=Cc3cc4sc5cc6c(cc5c4cc3C1(C(=O)OCc1ccccc1)C(=O)OCc1ccccc1)C(C(=O)OCc1ccccc1)(C(=O)OCc1ccccc1)C(N=C1C(=O)C3CC(C#N)C(C#N)CC3C1=O)=C6)C2=O. The zero-order valence-electron chi connectivity index (χ0n) is 47.8. The standard InChI is InChI=1S/C72H46N6O12S/c73-31-45-21-51-52(22-46(45)32-74)64(80)61(63(51)79)77-59-27-43-25-57-49(29-55(43)71(59,67(83)87-35-39-13-5-1-6-14-39)68(84)88-36-40-15-7-2-8-16-40)50-30-56-44(26-58(50)91-57)28-60(78-62-65(81)53-23-47(33-75)48(34-76)24-54(53)66(62)82)72(56,69(85)89-37-41-17-9-3-10-18-41)70(86)90-38-42-19-11-4-12-20-42/h1-22,25-30,47-48,53-54,63,79H,23-24,35-38H2. The fourth-order valence-corrected chi connectivity index (χ4v) is 14.0. The maximum absolute atomic E-state index is 15.7. The van der Waals surface area contributed by atoms with Crippen molar-refractivity contribution in [2.75, 3.05) is 0 Å². The summed E-state index contributed by atoms with van der Waals surface area (Å²) in [5.41, 5.74) is -5.05. The van der Waals surface area contributed by atoms with E-state index in [4.69, 9.17) is 28.9 Å². The molecule has 1 N–H and O–H groups in total. The van der Waals surface area contributed by atoms with Crippen molar-refractivity contribution in [3.63, 3.8) is 0 Å². The maximum Gasteiger partial charge on any atom is 0.334 e. The summed E-state index contributed by atoms with van der Waals surface area (Å²) < 4.78 is 25.5. The minimum Gasteiger partial charge on any atom is -0.459 e. The zero-order valence-corrected chi connectivity index (χ0v) is 48.6. The van der Waals surface area contributed by atoms with Crippen LogP contribution in [0.4, 0.5) is 0 Å². The van der Waals surface area contributed by atoms with E-state index >= 15 is 19.2 Å². The van der Waals surface area contributed by atoms with E-state index in [0.717, 1.165) is 0 Å². The summed E-state index contributed by atoms with van der Waals surface area (Å²) >= 11 is 1.24. The molecule has 0 bridgehead atoms. The Morgan fingerprint density at radius 3 is 1.26 bits per heavy atom. The number of nitrogens with zero attached hydrogens (tertiary/aromatic N) is 6. The molecule has 5 atom stereocenters. The van der Waals surface area contributed by atoms with Gasteiger partial charge in [-0.3, -0.25) is 33.6 Å². The lowest BCUT2D eigenvalue weighted by molar-refractivity contribution is -0.166. The van der Waals surface area contributed by atoms with Crippen LogP contribution in [0.1, 0.15) is 90.5 Å². The lowest BCUT2D eigenvalue weighted by atomic mass is 9.70. The normalized spacial score (nSPS) is 20.0. The molecule has 442 valence electrons. The van der Waals surface area contributed by atoms with Crippen molar-refractivity contribution in [2.24, 2.45) is 33.7 Å². The number of hydrogen-bond donors (Lipinski definition) is 1. The summed E-state index contributed by atoms with van der Waals surface area (Å²) in [4.78, 5) is 116. The van der Waals surface area contributed by atoms with Gasteiger partial charge in [0.1, 0.15) is 56.1 Å². The molecule has 0 aliphatic heterocycles. The highest BCUT2D eigenvalue weighted by atomic mass is 32.1. The second-order valence-corrected chi connectivity index (χ2v) is 23.6. The summed E-state index contributed by atoms with van der Waals surface area (Å²) in [6, 6.07) is 51.5. The Balaban J connectivity index is 1.01. The third kappa shape index (κ3) is 9.77. The van der Waals surface area contributed by atoms with Crippen LogP contribution in [0.25, 0.3) is 32.3 Å². The number of benzene rings is 7. The highest BCUT2D eigenvalue weighted by molar-refractivity contribution is 7.25. The average molecular weight is 1220 g/mol. The Morgan fingerprint density at radius 1 is 0.516 bits per heavy atom. The van der Waals surface area contributed by atoms with E-state index in [9.17, 15) is 40.5 Å². The molecule has 0 amide bonds. The molecule has 91 heavy (non-hydrogen) atoms. The number of esters is 4. The van der Waals surface area contributed by atoms with Crippen LogP contribution >= 0.6 is 11.3 Å². The third-order valence-corrected chi connectivity index (χ3v) is 18.6. The molecule has 2 fully saturated rings. The van der Waals surface area contributed by atoms with E-state index in [1.54, 1.807) is 146 Å². The maximum atomic E-state index is 15.7. The molecule has 2 saturated carbocycles. The third-order valence-electron chi connectivity index (χ3n) is 17.4. The topological polar surface area (TPSA) is 297 Å². The van der Waals surface area contributed by atoms with E-state index < -0.39 is 93.3 Å². The second-order valence-electron chi connectivity index (χ2n) is 22.6. The van der Waals surface area contributed by atoms with Gasteiger partial charge in [0.05, 0.1) is 46.5 Å². The van der Waals surface area contributed by atoms with Crippen molar-refractivity contribution in [1.82, 2.24) is 0 Å². The molecule has 0 spiro atoms. The van der Waals surface area contributed by atoms with Gasteiger partial charge in [0.2, 0.25) is 16.6 Å². The summed E-state index contributed by atoms with van der Waals surface area (Å²) in [6.45, 7) is -1.42. The number of Topliss-reactive ketones (excluding diaryl/α,β-unsaturated/α-hetero) is 3. The highest BCUT2D eigenvalue weighted by Crippen LogP contribution is 2.53. The Hall–Kier alpha value is -11.6. The molecule has 0 saturated heterocycles. The van der Waals surface area contributed by atoms with E-state index in [1.165, 1.54) is 35.6 Å². The fourth-order valence-electron chi connectivity index (χ4n) is 12.8. The molecular weight excluding hydrogens is 1170 g/mol. The molecule has 7 aromatic carbocycles. The number of carbonyl (C=O) groups excluding carboxylic acids is 7. The predicted molar refractivity (Wildman–Crippen MR) is 328 cm³/mol. The van der Waals surface area contributed by atoms with Gasteiger partial charge in [-0.05, 0) is 111 Å².